The summed E-state index contributed by atoms with van der Waals surface area (Å²) in [6.07, 6.45) is 5.74. The molecule has 0 atom stereocenters. The summed E-state index contributed by atoms with van der Waals surface area (Å²) >= 11 is 1.77. The van der Waals surface area contributed by atoms with Crippen LogP contribution < -0.4 is 5.32 Å². The Bertz CT molecular complexity index is 432. The standard InChI is InChI=1S/C18H36N4O3S/c1-4-5-6-15-26-18-16-22(21-20-18)8-10-24-12-14-25-13-11-23-9-7-19-17(2)3/h16-17,19H,4-15H2,1-3H3. The third-order valence-corrected chi connectivity index (χ3v) is 4.50. The fourth-order valence-corrected chi connectivity index (χ4v) is 2.95. The van der Waals surface area contributed by atoms with Crippen molar-refractivity contribution in [1.82, 2.24) is 20.3 Å². The van der Waals surface area contributed by atoms with E-state index in [-0.39, 0.29) is 0 Å². The van der Waals surface area contributed by atoms with E-state index in [2.05, 4.69) is 36.4 Å². The second kappa shape index (κ2) is 16.5. The van der Waals surface area contributed by atoms with E-state index in [1.165, 1.54) is 19.3 Å². The summed E-state index contributed by atoms with van der Waals surface area (Å²) in [4.78, 5) is 0. The van der Waals surface area contributed by atoms with Gasteiger partial charge in [0, 0.05) is 12.6 Å². The molecule has 1 rings (SSSR count). The van der Waals surface area contributed by atoms with Gasteiger partial charge in [0.05, 0.1) is 52.4 Å². The van der Waals surface area contributed by atoms with Crippen LogP contribution in [0.15, 0.2) is 11.2 Å². The largest absolute Gasteiger partial charge is 0.378 e. The van der Waals surface area contributed by atoms with Gasteiger partial charge in [0.25, 0.3) is 0 Å². The van der Waals surface area contributed by atoms with Gasteiger partial charge >= 0.3 is 0 Å². The van der Waals surface area contributed by atoms with Gasteiger partial charge in [0.1, 0.15) is 5.03 Å². The van der Waals surface area contributed by atoms with Gasteiger partial charge in [0.2, 0.25) is 0 Å². The third kappa shape index (κ3) is 13.5. The molecule has 0 aliphatic heterocycles. The first-order valence-electron chi connectivity index (χ1n) is 9.72. The van der Waals surface area contributed by atoms with Gasteiger partial charge in [-0.1, -0.05) is 38.8 Å². The Labute approximate surface area is 162 Å². The third-order valence-electron chi connectivity index (χ3n) is 3.52. The number of ether oxygens (including phenoxy) is 3. The van der Waals surface area contributed by atoms with Crippen molar-refractivity contribution < 1.29 is 14.2 Å². The first kappa shape index (κ1) is 23.4. The molecule has 0 aromatic carbocycles. The average Bonchev–Trinajstić information content (AvgIpc) is 3.07. The van der Waals surface area contributed by atoms with Crippen molar-refractivity contribution in [3.05, 3.63) is 6.20 Å². The molecule has 0 bridgehead atoms. The molecule has 0 aliphatic rings. The molecule has 0 unspecified atom stereocenters. The zero-order valence-electron chi connectivity index (χ0n) is 16.6. The number of hydrogen-bond acceptors (Lipinski definition) is 7. The molecule has 8 heteroatoms. The lowest BCUT2D eigenvalue weighted by Crippen LogP contribution is -2.27. The average molecular weight is 389 g/mol. The lowest BCUT2D eigenvalue weighted by molar-refractivity contribution is 0.0131. The fourth-order valence-electron chi connectivity index (χ4n) is 2.10. The predicted molar refractivity (Wildman–Crippen MR) is 106 cm³/mol. The summed E-state index contributed by atoms with van der Waals surface area (Å²) in [7, 11) is 0. The zero-order chi connectivity index (χ0) is 18.9. The fraction of sp³-hybridized carbons (Fsp3) is 0.889. The van der Waals surface area contributed by atoms with Crippen molar-refractivity contribution in [2.24, 2.45) is 0 Å². The molecule has 152 valence electrons. The van der Waals surface area contributed by atoms with Crippen LogP contribution in [-0.4, -0.2) is 73.0 Å². The lowest BCUT2D eigenvalue weighted by Gasteiger charge is -2.09. The zero-order valence-corrected chi connectivity index (χ0v) is 17.4. The van der Waals surface area contributed by atoms with Crippen molar-refractivity contribution in [2.75, 3.05) is 51.9 Å². The van der Waals surface area contributed by atoms with E-state index in [0.717, 1.165) is 23.9 Å². The SMILES string of the molecule is CCCCCSc1cn(CCOCCOCCOCCNC(C)C)nn1. The van der Waals surface area contributed by atoms with Gasteiger partial charge in [-0.25, -0.2) is 4.68 Å². The van der Waals surface area contributed by atoms with E-state index in [4.69, 9.17) is 14.2 Å². The molecule has 1 N–H and O–H groups in total. The number of aromatic nitrogens is 3. The van der Waals surface area contributed by atoms with E-state index in [0.29, 0.717) is 45.6 Å². The second-order valence-electron chi connectivity index (χ2n) is 6.32. The summed E-state index contributed by atoms with van der Waals surface area (Å²) < 4.78 is 18.3. The van der Waals surface area contributed by atoms with E-state index in [9.17, 15) is 0 Å². The molecule has 0 spiro atoms. The van der Waals surface area contributed by atoms with Crippen LogP contribution in [0.25, 0.3) is 0 Å². The summed E-state index contributed by atoms with van der Waals surface area (Å²) in [5, 5.41) is 12.6. The van der Waals surface area contributed by atoms with Crippen LogP contribution in [0.5, 0.6) is 0 Å². The van der Waals surface area contributed by atoms with Gasteiger partial charge in [-0.2, -0.15) is 0 Å². The lowest BCUT2D eigenvalue weighted by atomic mass is 10.3. The van der Waals surface area contributed by atoms with Crippen LogP contribution in [0.2, 0.25) is 0 Å². The van der Waals surface area contributed by atoms with Crippen LogP contribution in [-0.2, 0) is 20.8 Å². The van der Waals surface area contributed by atoms with E-state index in [1.807, 2.05) is 10.9 Å². The number of thioether (sulfide) groups is 1. The minimum absolute atomic E-state index is 0.501. The normalized spacial score (nSPS) is 11.5. The molecule has 0 amide bonds. The Morgan fingerprint density at radius 3 is 2.42 bits per heavy atom. The Morgan fingerprint density at radius 1 is 1.04 bits per heavy atom. The maximum atomic E-state index is 5.56. The maximum absolute atomic E-state index is 5.56. The highest BCUT2D eigenvalue weighted by Gasteiger charge is 2.01. The minimum Gasteiger partial charge on any atom is -0.378 e. The number of hydrogen-bond donors (Lipinski definition) is 1. The Hall–Kier alpha value is -0.670. The van der Waals surface area contributed by atoms with Crippen molar-refractivity contribution >= 4 is 11.8 Å². The number of nitrogens with one attached hydrogen (secondary N) is 1. The molecule has 1 aromatic heterocycles. The first-order chi connectivity index (χ1) is 12.7. The van der Waals surface area contributed by atoms with Crippen molar-refractivity contribution in [3.63, 3.8) is 0 Å². The monoisotopic (exact) mass is 388 g/mol. The van der Waals surface area contributed by atoms with Gasteiger partial charge in [-0.05, 0) is 12.2 Å². The highest BCUT2D eigenvalue weighted by atomic mass is 32.2. The molecule has 0 radical (unpaired) electrons. The highest BCUT2D eigenvalue weighted by Crippen LogP contribution is 2.16. The van der Waals surface area contributed by atoms with Gasteiger partial charge in [-0.3, -0.25) is 0 Å². The Morgan fingerprint density at radius 2 is 1.73 bits per heavy atom. The van der Waals surface area contributed by atoms with E-state index < -0.39 is 0 Å². The molecular weight excluding hydrogens is 352 g/mol. The van der Waals surface area contributed by atoms with Crippen LogP contribution in [0.3, 0.4) is 0 Å². The molecule has 0 aliphatic carbocycles. The highest BCUT2D eigenvalue weighted by molar-refractivity contribution is 7.99. The molecule has 1 heterocycles. The molecule has 26 heavy (non-hydrogen) atoms. The summed E-state index contributed by atoms with van der Waals surface area (Å²) in [5.74, 6) is 1.11. The predicted octanol–water partition coefficient (Wildman–Crippen LogP) is 2.61. The molecule has 0 saturated heterocycles. The number of rotatable bonds is 18. The quantitative estimate of drug-likeness (QED) is 0.306. The minimum atomic E-state index is 0.501. The van der Waals surface area contributed by atoms with Crippen molar-refractivity contribution in [1.29, 1.82) is 0 Å². The smallest absolute Gasteiger partial charge is 0.138 e. The van der Waals surface area contributed by atoms with E-state index >= 15 is 0 Å². The van der Waals surface area contributed by atoms with Crippen molar-refractivity contribution in [2.45, 2.75) is 57.6 Å². The van der Waals surface area contributed by atoms with Gasteiger partial charge < -0.3 is 19.5 Å². The second-order valence-corrected chi connectivity index (χ2v) is 7.44. The van der Waals surface area contributed by atoms with Crippen LogP contribution in [0.4, 0.5) is 0 Å². The summed E-state index contributed by atoms with van der Waals surface area (Å²) in [6, 6.07) is 0.501. The molecular formula is C18H36N4O3S. The Kier molecular flexibility index (Phi) is 14.8. The molecule has 1 aromatic rings. The molecule has 7 nitrogen and oxygen atoms in total. The van der Waals surface area contributed by atoms with Crippen molar-refractivity contribution in [3.8, 4) is 0 Å². The summed E-state index contributed by atoms with van der Waals surface area (Å²) in [5.41, 5.74) is 0. The van der Waals surface area contributed by atoms with Crippen LogP contribution in [0, 0.1) is 0 Å². The molecule has 0 fully saturated rings. The van der Waals surface area contributed by atoms with Crippen LogP contribution >= 0.6 is 11.8 Å². The van der Waals surface area contributed by atoms with E-state index in [1.54, 1.807) is 11.8 Å². The topological polar surface area (TPSA) is 70.4 Å². The van der Waals surface area contributed by atoms with Crippen LogP contribution in [0.1, 0.15) is 40.0 Å². The Balaban J connectivity index is 1.86. The first-order valence-corrected chi connectivity index (χ1v) is 10.7. The number of unbranched alkanes of at least 4 members (excludes halogenated alkanes) is 2. The van der Waals surface area contributed by atoms with Gasteiger partial charge in [-0.15, -0.1) is 16.9 Å². The van der Waals surface area contributed by atoms with Gasteiger partial charge in [0.15, 0.2) is 0 Å². The maximum Gasteiger partial charge on any atom is 0.138 e. The molecule has 0 saturated carbocycles. The summed E-state index contributed by atoms with van der Waals surface area (Å²) in [6.45, 7) is 11.8. The number of nitrogens with zero attached hydrogens (tertiary/aromatic N) is 3.